The normalized spacial score (nSPS) is 10.7. The van der Waals surface area contributed by atoms with Crippen molar-refractivity contribution in [2.45, 2.75) is 11.8 Å². The highest BCUT2D eigenvalue weighted by molar-refractivity contribution is 7.99. The number of hydrogen-bond acceptors (Lipinski definition) is 7. The number of hydrogen-bond donors (Lipinski definition) is 1. The largest absolute Gasteiger partial charge is 0.301 e. The van der Waals surface area contributed by atoms with Crippen molar-refractivity contribution in [2.75, 3.05) is 11.2 Å². The summed E-state index contributed by atoms with van der Waals surface area (Å²) in [5, 5.41) is 25.6. The molecule has 0 radical (unpaired) electrons. The second-order valence-corrected chi connectivity index (χ2v) is 5.86. The Hall–Kier alpha value is -2.94. The molecule has 0 bridgehead atoms. The maximum atomic E-state index is 11.0. The van der Waals surface area contributed by atoms with Crippen LogP contribution in [0.15, 0.2) is 52.5 Å². The molecule has 9 heteroatoms. The smallest absolute Gasteiger partial charge is 0.272 e. The minimum Gasteiger partial charge on any atom is -0.272 e. The van der Waals surface area contributed by atoms with Crippen LogP contribution in [0.4, 0.5) is 17.1 Å². The van der Waals surface area contributed by atoms with Crippen molar-refractivity contribution in [3.63, 3.8) is 0 Å². The number of benzene rings is 2. The first-order valence-corrected chi connectivity index (χ1v) is 7.86. The van der Waals surface area contributed by atoms with Crippen molar-refractivity contribution in [2.24, 2.45) is 5.10 Å². The quantitative estimate of drug-likeness (QED) is 0.351. The molecule has 0 aliphatic heterocycles. The minimum absolute atomic E-state index is 0.0994. The maximum Gasteiger partial charge on any atom is 0.301 e. The molecule has 8 nitrogen and oxygen atoms in total. The van der Waals surface area contributed by atoms with Crippen LogP contribution in [-0.2, 0) is 0 Å². The van der Waals surface area contributed by atoms with E-state index in [0.29, 0.717) is 5.75 Å². The Morgan fingerprint density at radius 2 is 1.96 bits per heavy atom. The highest BCUT2D eigenvalue weighted by atomic mass is 32.2. The standard InChI is InChI=1S/C15H14N4O4S/c1-11-3-2-4-13(9-11)24-8-7-16-17-14-6-5-12(18(20)21)10-15(14)19(22)23/h2-7,9-10,17H,8H2,1H3/b16-7+. The van der Waals surface area contributed by atoms with Crippen LogP contribution in [0, 0.1) is 27.2 Å². The summed E-state index contributed by atoms with van der Waals surface area (Å²) in [6.45, 7) is 2.01. The molecule has 2 aromatic rings. The lowest BCUT2D eigenvalue weighted by Gasteiger charge is -2.02. The highest BCUT2D eigenvalue weighted by Gasteiger charge is 2.18. The van der Waals surface area contributed by atoms with Crippen LogP contribution in [-0.4, -0.2) is 21.8 Å². The molecule has 0 fully saturated rings. The van der Waals surface area contributed by atoms with Crippen LogP contribution >= 0.6 is 11.8 Å². The Morgan fingerprint density at radius 3 is 2.62 bits per heavy atom. The Balaban J connectivity index is 1.98. The van der Waals surface area contributed by atoms with Gasteiger partial charge in [-0.1, -0.05) is 17.7 Å². The maximum absolute atomic E-state index is 11.0. The van der Waals surface area contributed by atoms with E-state index in [9.17, 15) is 20.2 Å². The van der Waals surface area contributed by atoms with E-state index in [-0.39, 0.29) is 11.4 Å². The summed E-state index contributed by atoms with van der Waals surface area (Å²) in [5.41, 5.74) is 3.08. The third kappa shape index (κ3) is 4.78. The highest BCUT2D eigenvalue weighted by Crippen LogP contribution is 2.28. The molecule has 0 aromatic heterocycles. The zero-order valence-corrected chi connectivity index (χ0v) is 13.5. The molecule has 0 atom stereocenters. The van der Waals surface area contributed by atoms with Crippen LogP contribution in [0.1, 0.15) is 5.56 Å². The molecule has 2 aromatic carbocycles. The predicted molar refractivity (Wildman–Crippen MR) is 93.8 cm³/mol. The first-order chi connectivity index (χ1) is 11.5. The Bertz CT molecular complexity index is 795. The average molecular weight is 346 g/mol. The van der Waals surface area contributed by atoms with Gasteiger partial charge in [-0.25, -0.2) is 0 Å². The second kappa shape index (κ2) is 8.06. The van der Waals surface area contributed by atoms with Gasteiger partial charge in [0.05, 0.1) is 15.9 Å². The summed E-state index contributed by atoms with van der Waals surface area (Å²) in [6, 6.07) is 11.4. The molecule has 0 spiro atoms. The number of aryl methyl sites for hydroxylation is 1. The van der Waals surface area contributed by atoms with E-state index in [0.717, 1.165) is 16.5 Å². The van der Waals surface area contributed by atoms with Crippen LogP contribution in [0.3, 0.4) is 0 Å². The lowest BCUT2D eigenvalue weighted by molar-refractivity contribution is -0.393. The van der Waals surface area contributed by atoms with Gasteiger partial charge < -0.3 is 0 Å². The van der Waals surface area contributed by atoms with Gasteiger partial charge in [-0.2, -0.15) is 5.10 Å². The molecule has 0 aliphatic rings. The van der Waals surface area contributed by atoms with Crippen LogP contribution in [0.5, 0.6) is 0 Å². The summed E-state index contributed by atoms with van der Waals surface area (Å²) < 4.78 is 0. The molecular formula is C15H14N4O4S. The molecule has 24 heavy (non-hydrogen) atoms. The SMILES string of the molecule is Cc1cccc(SC/C=N/Nc2ccc([N+](=O)[O-])cc2[N+](=O)[O-])c1. The summed E-state index contributed by atoms with van der Waals surface area (Å²) in [7, 11) is 0. The number of nitro benzene ring substituents is 2. The van der Waals surface area contributed by atoms with Gasteiger partial charge >= 0.3 is 5.69 Å². The van der Waals surface area contributed by atoms with Crippen molar-refractivity contribution in [1.82, 2.24) is 0 Å². The molecule has 0 saturated carbocycles. The van der Waals surface area contributed by atoms with Gasteiger partial charge in [0.25, 0.3) is 5.69 Å². The lowest BCUT2D eigenvalue weighted by Crippen LogP contribution is -1.98. The monoisotopic (exact) mass is 346 g/mol. The summed E-state index contributed by atoms with van der Waals surface area (Å²) in [4.78, 5) is 21.4. The van der Waals surface area contributed by atoms with Gasteiger partial charge in [0.2, 0.25) is 0 Å². The molecule has 0 unspecified atom stereocenters. The van der Waals surface area contributed by atoms with Crippen LogP contribution in [0.2, 0.25) is 0 Å². The molecule has 124 valence electrons. The fourth-order valence-corrected chi connectivity index (χ4v) is 2.66. The number of non-ortho nitro benzene ring substituents is 1. The molecule has 0 amide bonds. The van der Waals surface area contributed by atoms with Gasteiger partial charge in [-0.3, -0.25) is 25.7 Å². The minimum atomic E-state index is -0.688. The Kier molecular flexibility index (Phi) is 5.85. The van der Waals surface area contributed by atoms with E-state index in [1.165, 1.54) is 12.1 Å². The zero-order chi connectivity index (χ0) is 17.5. The number of thioether (sulfide) groups is 1. The summed E-state index contributed by atoms with van der Waals surface area (Å²) >= 11 is 1.57. The fourth-order valence-electron chi connectivity index (χ4n) is 1.87. The van der Waals surface area contributed by atoms with E-state index >= 15 is 0 Å². The predicted octanol–water partition coefficient (Wildman–Crippen LogP) is 4.00. The van der Waals surface area contributed by atoms with E-state index in [4.69, 9.17) is 0 Å². The summed E-state index contributed by atoms with van der Waals surface area (Å²) in [5.74, 6) is 0.581. The molecule has 2 rings (SSSR count). The molecule has 0 saturated heterocycles. The third-order valence-electron chi connectivity index (χ3n) is 2.98. The molecule has 1 N–H and O–H groups in total. The topological polar surface area (TPSA) is 111 Å². The number of nitrogens with one attached hydrogen (secondary N) is 1. The lowest BCUT2D eigenvalue weighted by atomic mass is 10.2. The van der Waals surface area contributed by atoms with E-state index in [1.54, 1.807) is 18.0 Å². The summed E-state index contributed by atoms with van der Waals surface area (Å²) in [6.07, 6.45) is 1.58. The van der Waals surface area contributed by atoms with E-state index < -0.39 is 15.5 Å². The number of nitro groups is 2. The van der Waals surface area contributed by atoms with Crippen molar-refractivity contribution >= 4 is 35.0 Å². The van der Waals surface area contributed by atoms with E-state index in [2.05, 4.69) is 10.5 Å². The molecule has 0 aliphatic carbocycles. The van der Waals surface area contributed by atoms with Gasteiger partial charge in [0.15, 0.2) is 0 Å². The fraction of sp³-hybridized carbons (Fsp3) is 0.133. The van der Waals surface area contributed by atoms with E-state index in [1.807, 2.05) is 31.2 Å². The zero-order valence-electron chi connectivity index (χ0n) is 12.7. The van der Waals surface area contributed by atoms with Crippen LogP contribution in [0.25, 0.3) is 0 Å². The first kappa shape index (κ1) is 17.4. The Labute approximate surface area is 141 Å². The van der Waals surface area contributed by atoms with Crippen molar-refractivity contribution in [3.8, 4) is 0 Å². The Morgan fingerprint density at radius 1 is 1.17 bits per heavy atom. The van der Waals surface area contributed by atoms with Crippen molar-refractivity contribution < 1.29 is 9.85 Å². The van der Waals surface area contributed by atoms with Crippen molar-refractivity contribution in [1.29, 1.82) is 0 Å². The van der Waals surface area contributed by atoms with Crippen molar-refractivity contribution in [3.05, 3.63) is 68.3 Å². The number of anilines is 1. The first-order valence-electron chi connectivity index (χ1n) is 6.87. The van der Waals surface area contributed by atoms with Crippen LogP contribution < -0.4 is 5.43 Å². The molecule has 0 heterocycles. The number of nitrogens with zero attached hydrogens (tertiary/aromatic N) is 3. The number of rotatable bonds is 7. The van der Waals surface area contributed by atoms with Gasteiger partial charge in [0, 0.05) is 22.9 Å². The third-order valence-corrected chi connectivity index (χ3v) is 3.88. The second-order valence-electron chi connectivity index (χ2n) is 4.77. The van der Waals surface area contributed by atoms with Gasteiger partial charge in [-0.05, 0) is 25.1 Å². The van der Waals surface area contributed by atoms with Gasteiger partial charge in [-0.15, -0.1) is 11.8 Å². The average Bonchev–Trinajstić information content (AvgIpc) is 2.54. The molecular weight excluding hydrogens is 332 g/mol. The number of hydrazone groups is 1. The van der Waals surface area contributed by atoms with Gasteiger partial charge in [0.1, 0.15) is 5.69 Å².